The number of carbonyl (C=O) groups excluding carboxylic acids is 2. The largest absolute Gasteiger partial charge is 0.448 e. The van der Waals surface area contributed by atoms with E-state index in [4.69, 9.17) is 4.74 Å². The van der Waals surface area contributed by atoms with Gasteiger partial charge in [-0.25, -0.2) is 9.78 Å². The fraction of sp³-hybridized carbons (Fsp3) is 0.300. The predicted octanol–water partition coefficient (Wildman–Crippen LogP) is 3.40. The minimum atomic E-state index is -0.995. The van der Waals surface area contributed by atoms with Crippen LogP contribution in [-0.2, 0) is 9.53 Å². The Balaban J connectivity index is 1.79. The van der Waals surface area contributed by atoms with Crippen LogP contribution in [0.15, 0.2) is 23.0 Å². The first-order chi connectivity index (χ1) is 13.2. The zero-order valence-electron chi connectivity index (χ0n) is 16.3. The Morgan fingerprint density at radius 3 is 2.64 bits per heavy atom. The van der Waals surface area contributed by atoms with Crippen LogP contribution >= 0.6 is 11.3 Å². The highest BCUT2D eigenvalue weighted by Crippen LogP contribution is 2.28. The summed E-state index contributed by atoms with van der Waals surface area (Å²) in [5, 5.41) is 3.16. The summed E-state index contributed by atoms with van der Waals surface area (Å²) in [6, 6.07) is 5.73. The molecule has 0 aliphatic rings. The van der Waals surface area contributed by atoms with Gasteiger partial charge in [-0.1, -0.05) is 12.1 Å². The number of amides is 1. The molecule has 28 heavy (non-hydrogen) atoms. The molecule has 1 atom stereocenters. The minimum absolute atomic E-state index is 0.269. The van der Waals surface area contributed by atoms with Gasteiger partial charge in [-0.15, -0.1) is 11.3 Å². The van der Waals surface area contributed by atoms with Gasteiger partial charge in [0.15, 0.2) is 6.10 Å². The molecule has 3 aromatic rings. The highest BCUT2D eigenvalue weighted by atomic mass is 32.1. The van der Waals surface area contributed by atoms with Gasteiger partial charge in [0.1, 0.15) is 15.5 Å². The second-order valence-corrected chi connectivity index (χ2v) is 7.74. The smallest absolute Gasteiger partial charge is 0.349 e. The van der Waals surface area contributed by atoms with E-state index in [1.165, 1.54) is 6.92 Å². The molecule has 0 radical (unpaired) electrons. The molecule has 7 nitrogen and oxygen atoms in total. The number of ether oxygens (including phenoxy) is 1. The summed E-state index contributed by atoms with van der Waals surface area (Å²) in [4.78, 5) is 44.8. The van der Waals surface area contributed by atoms with Crippen molar-refractivity contribution in [2.45, 2.75) is 40.7 Å². The summed E-state index contributed by atoms with van der Waals surface area (Å²) in [6.45, 7) is 8.67. The first kappa shape index (κ1) is 19.8. The van der Waals surface area contributed by atoms with Crippen molar-refractivity contribution < 1.29 is 14.3 Å². The summed E-state index contributed by atoms with van der Waals surface area (Å²) >= 11 is 1.09. The Hall–Kier alpha value is -3.00. The number of carbonyl (C=O) groups is 2. The monoisotopic (exact) mass is 399 g/mol. The molecule has 2 heterocycles. The number of aromatic amines is 1. The molecule has 0 aliphatic heterocycles. The van der Waals surface area contributed by atoms with Gasteiger partial charge in [0.05, 0.1) is 5.39 Å². The summed E-state index contributed by atoms with van der Waals surface area (Å²) in [7, 11) is 0. The molecule has 0 saturated carbocycles. The van der Waals surface area contributed by atoms with Crippen LogP contribution in [0, 0.1) is 27.7 Å². The Bertz CT molecular complexity index is 1150. The first-order valence-electron chi connectivity index (χ1n) is 8.76. The maximum absolute atomic E-state index is 12.6. The third-order valence-corrected chi connectivity index (χ3v) is 5.57. The predicted molar refractivity (Wildman–Crippen MR) is 109 cm³/mol. The van der Waals surface area contributed by atoms with Crippen LogP contribution in [0.25, 0.3) is 10.2 Å². The van der Waals surface area contributed by atoms with Crippen LogP contribution < -0.4 is 10.9 Å². The van der Waals surface area contributed by atoms with Gasteiger partial charge in [-0.2, -0.15) is 0 Å². The van der Waals surface area contributed by atoms with E-state index in [1.807, 2.05) is 32.0 Å². The number of hydrogen-bond acceptors (Lipinski definition) is 6. The van der Waals surface area contributed by atoms with Crippen molar-refractivity contribution in [3.8, 4) is 0 Å². The lowest BCUT2D eigenvalue weighted by atomic mass is 10.1. The number of hydrogen-bond donors (Lipinski definition) is 2. The van der Waals surface area contributed by atoms with Crippen molar-refractivity contribution in [1.29, 1.82) is 0 Å². The van der Waals surface area contributed by atoms with Crippen LogP contribution in [0.3, 0.4) is 0 Å². The van der Waals surface area contributed by atoms with Gasteiger partial charge in [-0.3, -0.25) is 9.59 Å². The number of aromatic nitrogens is 2. The summed E-state index contributed by atoms with van der Waals surface area (Å²) < 4.78 is 5.34. The van der Waals surface area contributed by atoms with Crippen LogP contribution in [0.1, 0.15) is 39.1 Å². The fourth-order valence-corrected chi connectivity index (χ4v) is 3.93. The van der Waals surface area contributed by atoms with E-state index >= 15 is 0 Å². The molecule has 1 aromatic carbocycles. The zero-order valence-corrected chi connectivity index (χ0v) is 17.1. The number of rotatable bonds is 4. The average molecular weight is 399 g/mol. The number of aryl methyl sites for hydroxylation is 4. The van der Waals surface area contributed by atoms with E-state index in [1.54, 1.807) is 13.8 Å². The Morgan fingerprint density at radius 2 is 1.93 bits per heavy atom. The molecule has 0 bridgehead atoms. The highest BCUT2D eigenvalue weighted by molar-refractivity contribution is 7.20. The van der Waals surface area contributed by atoms with Gasteiger partial charge < -0.3 is 15.0 Å². The molecule has 0 saturated heterocycles. The van der Waals surface area contributed by atoms with E-state index in [0.29, 0.717) is 27.3 Å². The number of esters is 1. The summed E-state index contributed by atoms with van der Waals surface area (Å²) in [6.07, 6.45) is -0.995. The lowest BCUT2D eigenvalue weighted by Crippen LogP contribution is -2.30. The van der Waals surface area contributed by atoms with Crippen molar-refractivity contribution in [2.75, 3.05) is 5.32 Å². The standard InChI is InChI=1S/C20H21N3O4S/c1-9-6-7-10(2)14(8-9)23-17(24)12(4)27-20(26)16-11(3)15-18(25)21-13(5)22-19(15)28-16/h6-8,12H,1-5H3,(H,23,24)(H,21,22,25)/t12-/m0/s1. The molecule has 8 heteroatoms. The lowest BCUT2D eigenvalue weighted by Gasteiger charge is -2.15. The Kier molecular flexibility index (Phi) is 5.33. The number of thiophene rings is 1. The SMILES string of the molecule is Cc1ccc(C)c(NC(=O)[C@H](C)OC(=O)c2sc3nc(C)[nH]c(=O)c3c2C)c1. The second-order valence-electron chi connectivity index (χ2n) is 6.74. The molecule has 0 unspecified atom stereocenters. The van der Waals surface area contributed by atoms with E-state index in [0.717, 1.165) is 22.5 Å². The van der Waals surface area contributed by atoms with Crippen molar-refractivity contribution in [3.63, 3.8) is 0 Å². The van der Waals surface area contributed by atoms with E-state index in [2.05, 4.69) is 15.3 Å². The maximum atomic E-state index is 12.6. The Morgan fingerprint density at radius 1 is 1.21 bits per heavy atom. The summed E-state index contributed by atoms with van der Waals surface area (Å²) in [5.41, 5.74) is 2.81. The molecular formula is C20H21N3O4S. The highest BCUT2D eigenvalue weighted by Gasteiger charge is 2.24. The van der Waals surface area contributed by atoms with Crippen molar-refractivity contribution in [1.82, 2.24) is 9.97 Å². The lowest BCUT2D eigenvalue weighted by molar-refractivity contribution is -0.123. The number of nitrogens with zero attached hydrogens (tertiary/aromatic N) is 1. The van der Waals surface area contributed by atoms with Crippen LogP contribution in [-0.4, -0.2) is 27.9 Å². The van der Waals surface area contributed by atoms with Gasteiger partial charge in [-0.05, 0) is 57.4 Å². The van der Waals surface area contributed by atoms with Crippen LogP contribution in [0.2, 0.25) is 0 Å². The zero-order chi connectivity index (χ0) is 20.6. The van der Waals surface area contributed by atoms with E-state index < -0.39 is 18.0 Å². The van der Waals surface area contributed by atoms with Gasteiger partial charge in [0.2, 0.25) is 0 Å². The van der Waals surface area contributed by atoms with Gasteiger partial charge in [0.25, 0.3) is 11.5 Å². The van der Waals surface area contributed by atoms with Gasteiger partial charge in [0, 0.05) is 5.69 Å². The molecule has 0 aliphatic carbocycles. The van der Waals surface area contributed by atoms with Crippen LogP contribution in [0.5, 0.6) is 0 Å². The average Bonchev–Trinajstić information content (AvgIpc) is 2.94. The van der Waals surface area contributed by atoms with Crippen LogP contribution in [0.4, 0.5) is 5.69 Å². The third-order valence-electron chi connectivity index (χ3n) is 4.41. The molecule has 0 spiro atoms. The van der Waals surface area contributed by atoms with E-state index in [9.17, 15) is 14.4 Å². The molecule has 1 amide bonds. The molecule has 2 aromatic heterocycles. The number of nitrogens with one attached hydrogen (secondary N) is 2. The minimum Gasteiger partial charge on any atom is -0.448 e. The quantitative estimate of drug-likeness (QED) is 0.655. The second kappa shape index (κ2) is 7.55. The van der Waals surface area contributed by atoms with Crippen molar-refractivity contribution in [2.24, 2.45) is 0 Å². The van der Waals surface area contributed by atoms with Crippen molar-refractivity contribution >= 4 is 39.1 Å². The number of anilines is 1. The molecule has 3 rings (SSSR count). The third kappa shape index (κ3) is 3.82. The summed E-state index contributed by atoms with van der Waals surface area (Å²) in [5.74, 6) is -0.603. The number of benzene rings is 1. The molecule has 2 N–H and O–H groups in total. The van der Waals surface area contributed by atoms with E-state index in [-0.39, 0.29) is 10.4 Å². The number of fused-ring (bicyclic) bond motifs is 1. The maximum Gasteiger partial charge on any atom is 0.349 e. The van der Waals surface area contributed by atoms with Gasteiger partial charge >= 0.3 is 5.97 Å². The molecule has 0 fully saturated rings. The first-order valence-corrected chi connectivity index (χ1v) is 9.58. The van der Waals surface area contributed by atoms with Crippen molar-refractivity contribution in [3.05, 3.63) is 55.9 Å². The topological polar surface area (TPSA) is 101 Å². The number of H-pyrrole nitrogens is 1. The normalized spacial score (nSPS) is 12.0. The fourth-order valence-electron chi connectivity index (χ4n) is 2.82. The molecule has 146 valence electrons. The molecular weight excluding hydrogens is 378 g/mol. The Labute approximate surface area is 165 Å².